The lowest BCUT2D eigenvalue weighted by atomic mass is 9.90. The fraction of sp³-hybridized carbons (Fsp3) is 0.368. The Balaban J connectivity index is 1.83. The largest absolute Gasteiger partial charge is 0.389 e. The number of hydrogen-bond donors (Lipinski definition) is 1. The smallest absolute Gasteiger partial charge is 0.0950 e. The second kappa shape index (κ2) is 7.05. The zero-order valence-corrected chi connectivity index (χ0v) is 12.9. The maximum absolute atomic E-state index is 10.0. The molecule has 2 aromatic rings. The zero-order valence-electron chi connectivity index (χ0n) is 12.9. The number of likely N-dealkylation sites (N-methyl/N-ethyl adjacent to an activating group) is 1. The number of ether oxygens (including phenoxy) is 1. The maximum atomic E-state index is 10.0. The van der Waals surface area contributed by atoms with Gasteiger partial charge in [0.2, 0.25) is 0 Å². The van der Waals surface area contributed by atoms with Crippen LogP contribution in [0.25, 0.3) is 0 Å². The number of nitrogens with zero attached hydrogens (tertiary/aromatic N) is 1. The molecule has 1 saturated heterocycles. The predicted molar refractivity (Wildman–Crippen MR) is 88.0 cm³/mol. The molecule has 0 aromatic heterocycles. The molecule has 0 radical (unpaired) electrons. The summed E-state index contributed by atoms with van der Waals surface area (Å²) >= 11 is 0. The molecule has 3 nitrogen and oxygen atoms in total. The van der Waals surface area contributed by atoms with E-state index in [1.54, 1.807) is 0 Å². The summed E-state index contributed by atoms with van der Waals surface area (Å²) in [7, 11) is 2.07. The highest BCUT2D eigenvalue weighted by molar-refractivity contribution is 5.32. The van der Waals surface area contributed by atoms with Crippen molar-refractivity contribution in [2.45, 2.75) is 18.1 Å². The van der Waals surface area contributed by atoms with Crippen molar-refractivity contribution in [3.05, 3.63) is 71.8 Å². The van der Waals surface area contributed by atoms with Crippen molar-refractivity contribution < 1.29 is 9.84 Å². The molecule has 3 rings (SSSR count). The van der Waals surface area contributed by atoms with Gasteiger partial charge in [-0.05, 0) is 18.2 Å². The van der Waals surface area contributed by atoms with E-state index in [1.807, 2.05) is 12.1 Å². The molecule has 3 heteroatoms. The highest BCUT2D eigenvalue weighted by Crippen LogP contribution is 2.26. The van der Waals surface area contributed by atoms with Gasteiger partial charge < -0.3 is 9.84 Å². The van der Waals surface area contributed by atoms with Gasteiger partial charge in [0.15, 0.2) is 0 Å². The lowest BCUT2D eigenvalue weighted by Gasteiger charge is -2.30. The highest BCUT2D eigenvalue weighted by Gasteiger charge is 2.31. The minimum absolute atomic E-state index is 0.0786. The van der Waals surface area contributed by atoms with Crippen LogP contribution in [0.15, 0.2) is 60.7 Å². The minimum atomic E-state index is -0.391. The molecule has 1 heterocycles. The fourth-order valence-electron chi connectivity index (χ4n) is 3.15. The molecule has 0 unspecified atom stereocenters. The molecular formula is C19H23NO2. The van der Waals surface area contributed by atoms with Gasteiger partial charge in [-0.2, -0.15) is 0 Å². The summed E-state index contributed by atoms with van der Waals surface area (Å²) < 4.78 is 5.39. The van der Waals surface area contributed by atoms with Crippen molar-refractivity contribution in [1.82, 2.24) is 4.90 Å². The average Bonchev–Trinajstić information content (AvgIpc) is 3.00. The Labute approximate surface area is 132 Å². The Morgan fingerprint density at radius 3 is 2.00 bits per heavy atom. The van der Waals surface area contributed by atoms with Crippen LogP contribution in [0.1, 0.15) is 17.0 Å². The third kappa shape index (κ3) is 3.38. The molecule has 0 saturated carbocycles. The summed E-state index contributed by atoms with van der Waals surface area (Å²) in [5.74, 6) is 0.292. The molecule has 1 N–H and O–H groups in total. The molecule has 1 aliphatic rings. The van der Waals surface area contributed by atoms with E-state index in [0.29, 0.717) is 19.1 Å². The van der Waals surface area contributed by atoms with Gasteiger partial charge in [0.1, 0.15) is 0 Å². The molecule has 22 heavy (non-hydrogen) atoms. The molecular weight excluding hydrogens is 274 g/mol. The van der Waals surface area contributed by atoms with E-state index in [2.05, 4.69) is 60.5 Å². The zero-order chi connectivity index (χ0) is 15.4. The molecule has 0 bridgehead atoms. The standard InChI is InChI=1S/C19H23NO2/c1-20(18-13-22-14-19(18)21)12-17(15-8-4-2-5-9-15)16-10-6-3-7-11-16/h2-11,17-19,21H,12-14H2,1H3/t18-,19-/m0/s1. The van der Waals surface area contributed by atoms with Gasteiger partial charge in [0.25, 0.3) is 0 Å². The van der Waals surface area contributed by atoms with Gasteiger partial charge in [0, 0.05) is 12.5 Å². The topological polar surface area (TPSA) is 32.7 Å². The first-order valence-electron chi connectivity index (χ1n) is 7.81. The quantitative estimate of drug-likeness (QED) is 0.920. The maximum Gasteiger partial charge on any atom is 0.0950 e. The summed E-state index contributed by atoms with van der Waals surface area (Å²) in [5, 5.41) is 10.0. The normalized spacial score (nSPS) is 21.6. The van der Waals surface area contributed by atoms with E-state index in [4.69, 9.17) is 4.74 Å². The van der Waals surface area contributed by atoms with E-state index < -0.39 is 6.10 Å². The van der Waals surface area contributed by atoms with Crippen molar-refractivity contribution in [3.8, 4) is 0 Å². The van der Waals surface area contributed by atoms with Crippen LogP contribution < -0.4 is 0 Å². The van der Waals surface area contributed by atoms with Crippen LogP contribution in [0.5, 0.6) is 0 Å². The average molecular weight is 297 g/mol. The van der Waals surface area contributed by atoms with Crippen molar-refractivity contribution in [2.75, 3.05) is 26.8 Å². The minimum Gasteiger partial charge on any atom is -0.389 e. The van der Waals surface area contributed by atoms with Crippen molar-refractivity contribution >= 4 is 0 Å². The third-order valence-corrected chi connectivity index (χ3v) is 4.46. The van der Waals surface area contributed by atoms with Gasteiger partial charge in [0.05, 0.1) is 25.4 Å². The van der Waals surface area contributed by atoms with Gasteiger partial charge in [-0.25, -0.2) is 0 Å². The van der Waals surface area contributed by atoms with E-state index in [9.17, 15) is 5.11 Å². The summed E-state index contributed by atoms with van der Waals surface area (Å²) in [6.45, 7) is 1.91. The van der Waals surface area contributed by atoms with Gasteiger partial charge in [-0.15, -0.1) is 0 Å². The molecule has 0 amide bonds. The number of aliphatic hydroxyl groups excluding tert-OH is 1. The van der Waals surface area contributed by atoms with Crippen LogP contribution in [-0.4, -0.2) is 49.0 Å². The van der Waals surface area contributed by atoms with Gasteiger partial charge in [-0.1, -0.05) is 60.7 Å². The number of benzene rings is 2. The van der Waals surface area contributed by atoms with Gasteiger partial charge in [-0.3, -0.25) is 4.90 Å². The number of aliphatic hydroxyl groups is 1. The van der Waals surface area contributed by atoms with E-state index >= 15 is 0 Å². The Kier molecular flexibility index (Phi) is 4.88. The lowest BCUT2D eigenvalue weighted by molar-refractivity contribution is 0.0942. The van der Waals surface area contributed by atoms with Crippen LogP contribution in [0.3, 0.4) is 0 Å². The SMILES string of the molecule is CN(CC(c1ccccc1)c1ccccc1)[C@H]1COC[C@@H]1O. The van der Waals surface area contributed by atoms with Crippen molar-refractivity contribution in [2.24, 2.45) is 0 Å². The summed E-state index contributed by atoms with van der Waals surface area (Å²) in [6.07, 6.45) is -0.391. The van der Waals surface area contributed by atoms with E-state index in [1.165, 1.54) is 11.1 Å². The second-order valence-corrected chi connectivity index (χ2v) is 5.99. The lowest BCUT2D eigenvalue weighted by Crippen LogP contribution is -2.42. The van der Waals surface area contributed by atoms with Crippen LogP contribution in [0.2, 0.25) is 0 Å². The summed E-state index contributed by atoms with van der Waals surface area (Å²) in [6, 6.07) is 21.2. The van der Waals surface area contributed by atoms with Crippen LogP contribution in [0, 0.1) is 0 Å². The van der Waals surface area contributed by atoms with Gasteiger partial charge >= 0.3 is 0 Å². The van der Waals surface area contributed by atoms with Crippen LogP contribution >= 0.6 is 0 Å². The highest BCUT2D eigenvalue weighted by atomic mass is 16.5. The first-order chi connectivity index (χ1) is 10.8. The molecule has 1 aliphatic heterocycles. The third-order valence-electron chi connectivity index (χ3n) is 4.46. The van der Waals surface area contributed by atoms with E-state index in [-0.39, 0.29) is 6.04 Å². The Morgan fingerprint density at radius 2 is 1.55 bits per heavy atom. The van der Waals surface area contributed by atoms with Crippen molar-refractivity contribution in [3.63, 3.8) is 0 Å². The fourth-order valence-corrected chi connectivity index (χ4v) is 3.15. The Bertz CT molecular complexity index is 533. The second-order valence-electron chi connectivity index (χ2n) is 5.99. The molecule has 2 atom stereocenters. The Hall–Kier alpha value is -1.68. The summed E-state index contributed by atoms with van der Waals surface area (Å²) in [4.78, 5) is 2.22. The van der Waals surface area contributed by atoms with Crippen molar-refractivity contribution in [1.29, 1.82) is 0 Å². The summed E-state index contributed by atoms with van der Waals surface area (Å²) in [5.41, 5.74) is 2.60. The number of hydrogen-bond acceptors (Lipinski definition) is 3. The number of rotatable bonds is 5. The predicted octanol–water partition coefficient (Wildman–Crippen LogP) is 2.51. The molecule has 116 valence electrons. The first kappa shape index (κ1) is 15.2. The molecule has 2 aromatic carbocycles. The first-order valence-corrected chi connectivity index (χ1v) is 7.81. The molecule has 1 fully saturated rings. The van der Waals surface area contributed by atoms with Crippen LogP contribution in [-0.2, 0) is 4.74 Å². The monoisotopic (exact) mass is 297 g/mol. The van der Waals surface area contributed by atoms with Crippen LogP contribution in [0.4, 0.5) is 0 Å². The van der Waals surface area contributed by atoms with E-state index in [0.717, 1.165) is 6.54 Å². The molecule has 0 aliphatic carbocycles. The molecule has 0 spiro atoms. The Morgan fingerprint density at radius 1 is 1.00 bits per heavy atom.